The maximum atomic E-state index is 5.80. The molecule has 3 rings (SSSR count). The summed E-state index contributed by atoms with van der Waals surface area (Å²) >= 11 is 0. The molecule has 0 bridgehead atoms. The van der Waals surface area contributed by atoms with Crippen molar-refractivity contribution in [2.45, 2.75) is 13.5 Å². The lowest BCUT2D eigenvalue weighted by Gasteiger charge is -2.07. The molecule has 5 nitrogen and oxygen atoms in total. The lowest BCUT2D eigenvalue weighted by atomic mass is 10.1. The Labute approximate surface area is 116 Å². The van der Waals surface area contributed by atoms with E-state index in [2.05, 4.69) is 15.0 Å². The number of rotatable bonds is 3. The van der Waals surface area contributed by atoms with Crippen LogP contribution in [0.4, 0.5) is 0 Å². The number of aromatic amines is 1. The monoisotopic (exact) mass is 268 g/mol. The van der Waals surface area contributed by atoms with Gasteiger partial charge in [-0.15, -0.1) is 0 Å². The highest BCUT2D eigenvalue weighted by atomic mass is 16.5. The Morgan fingerprint density at radius 2 is 1.95 bits per heavy atom. The Kier molecular flexibility index (Phi) is 3.12. The van der Waals surface area contributed by atoms with Gasteiger partial charge in [-0.3, -0.25) is 0 Å². The second kappa shape index (κ2) is 4.94. The van der Waals surface area contributed by atoms with Crippen molar-refractivity contribution in [3.8, 4) is 17.0 Å². The van der Waals surface area contributed by atoms with Gasteiger partial charge in [-0.2, -0.15) is 0 Å². The van der Waals surface area contributed by atoms with E-state index in [0.29, 0.717) is 6.54 Å². The van der Waals surface area contributed by atoms with Gasteiger partial charge in [0.05, 0.1) is 12.8 Å². The Morgan fingerprint density at radius 1 is 1.20 bits per heavy atom. The zero-order valence-electron chi connectivity index (χ0n) is 11.5. The van der Waals surface area contributed by atoms with E-state index < -0.39 is 0 Å². The van der Waals surface area contributed by atoms with Gasteiger partial charge in [0.15, 0.2) is 0 Å². The summed E-state index contributed by atoms with van der Waals surface area (Å²) in [5, 5.41) is 0.989. The molecule has 0 aliphatic carbocycles. The van der Waals surface area contributed by atoms with Gasteiger partial charge in [-0.05, 0) is 36.8 Å². The van der Waals surface area contributed by atoms with E-state index in [9.17, 15) is 0 Å². The van der Waals surface area contributed by atoms with Crippen LogP contribution in [-0.2, 0) is 6.54 Å². The van der Waals surface area contributed by atoms with E-state index >= 15 is 0 Å². The molecule has 0 atom stereocenters. The number of nitrogens with one attached hydrogen (secondary N) is 1. The SMILES string of the molecule is COc1ccc(-c2nc(C)nc3[nH]cc(CN)c23)cc1. The van der Waals surface area contributed by atoms with Crippen LogP contribution >= 0.6 is 0 Å². The maximum absolute atomic E-state index is 5.80. The molecule has 0 spiro atoms. The second-order valence-corrected chi connectivity index (χ2v) is 4.59. The fraction of sp³-hybridized carbons (Fsp3) is 0.200. The van der Waals surface area contributed by atoms with Crippen molar-refractivity contribution in [3.05, 3.63) is 41.9 Å². The second-order valence-electron chi connectivity index (χ2n) is 4.59. The zero-order valence-corrected chi connectivity index (χ0v) is 11.5. The van der Waals surface area contributed by atoms with Crippen LogP contribution in [-0.4, -0.2) is 22.1 Å². The lowest BCUT2D eigenvalue weighted by molar-refractivity contribution is 0.415. The van der Waals surface area contributed by atoms with Crippen LogP contribution < -0.4 is 10.5 Å². The van der Waals surface area contributed by atoms with E-state index in [0.717, 1.165) is 39.4 Å². The van der Waals surface area contributed by atoms with Gasteiger partial charge in [-0.1, -0.05) is 0 Å². The minimum atomic E-state index is 0.454. The van der Waals surface area contributed by atoms with Gasteiger partial charge in [0, 0.05) is 23.7 Å². The lowest BCUT2D eigenvalue weighted by Crippen LogP contribution is -1.98. The summed E-state index contributed by atoms with van der Waals surface area (Å²) in [5.41, 5.74) is 9.56. The molecule has 0 unspecified atom stereocenters. The van der Waals surface area contributed by atoms with Crippen LogP contribution in [0.5, 0.6) is 5.75 Å². The number of hydrogen-bond acceptors (Lipinski definition) is 4. The van der Waals surface area contributed by atoms with E-state index in [1.807, 2.05) is 37.4 Å². The van der Waals surface area contributed by atoms with Crippen LogP contribution in [0, 0.1) is 6.92 Å². The molecule has 5 heteroatoms. The summed E-state index contributed by atoms with van der Waals surface area (Å²) in [6, 6.07) is 7.83. The maximum Gasteiger partial charge on any atom is 0.141 e. The minimum absolute atomic E-state index is 0.454. The number of H-pyrrole nitrogens is 1. The molecular formula is C15H16N4O. The van der Waals surface area contributed by atoms with Crippen LogP contribution in [0.2, 0.25) is 0 Å². The number of fused-ring (bicyclic) bond motifs is 1. The summed E-state index contributed by atoms with van der Waals surface area (Å²) in [7, 11) is 1.65. The molecule has 0 radical (unpaired) electrons. The number of nitrogens with two attached hydrogens (primary N) is 1. The van der Waals surface area contributed by atoms with Crippen molar-refractivity contribution in [2.75, 3.05) is 7.11 Å². The number of ether oxygens (including phenoxy) is 1. The molecule has 2 heterocycles. The smallest absolute Gasteiger partial charge is 0.141 e. The number of aromatic nitrogens is 3. The van der Waals surface area contributed by atoms with Crippen LogP contribution in [0.3, 0.4) is 0 Å². The van der Waals surface area contributed by atoms with Crippen LogP contribution in [0.25, 0.3) is 22.3 Å². The number of aryl methyl sites for hydroxylation is 1. The van der Waals surface area contributed by atoms with Crippen molar-refractivity contribution in [1.82, 2.24) is 15.0 Å². The van der Waals surface area contributed by atoms with Crippen LogP contribution in [0.15, 0.2) is 30.5 Å². The molecule has 20 heavy (non-hydrogen) atoms. The van der Waals surface area contributed by atoms with Gasteiger partial charge in [0.1, 0.15) is 17.2 Å². The quantitative estimate of drug-likeness (QED) is 0.764. The number of nitrogens with zero attached hydrogens (tertiary/aromatic N) is 2. The van der Waals surface area contributed by atoms with Gasteiger partial charge in [0.2, 0.25) is 0 Å². The van der Waals surface area contributed by atoms with Crippen molar-refractivity contribution in [1.29, 1.82) is 0 Å². The largest absolute Gasteiger partial charge is 0.497 e. The molecule has 2 aromatic heterocycles. The van der Waals surface area contributed by atoms with E-state index in [-0.39, 0.29) is 0 Å². The topological polar surface area (TPSA) is 76.8 Å². The molecule has 0 saturated carbocycles. The third kappa shape index (κ3) is 2.02. The van der Waals surface area contributed by atoms with E-state index in [4.69, 9.17) is 10.5 Å². The highest BCUT2D eigenvalue weighted by Crippen LogP contribution is 2.29. The normalized spacial score (nSPS) is 10.9. The molecule has 0 amide bonds. The van der Waals surface area contributed by atoms with Crippen molar-refractivity contribution >= 4 is 11.0 Å². The van der Waals surface area contributed by atoms with E-state index in [1.54, 1.807) is 7.11 Å². The van der Waals surface area contributed by atoms with Crippen molar-refractivity contribution < 1.29 is 4.74 Å². The molecule has 0 aliphatic heterocycles. The summed E-state index contributed by atoms with van der Waals surface area (Å²) < 4.78 is 5.19. The molecular weight excluding hydrogens is 252 g/mol. The number of hydrogen-bond donors (Lipinski definition) is 2. The first-order valence-electron chi connectivity index (χ1n) is 6.42. The minimum Gasteiger partial charge on any atom is -0.497 e. The van der Waals surface area contributed by atoms with Crippen LogP contribution in [0.1, 0.15) is 11.4 Å². The highest BCUT2D eigenvalue weighted by molar-refractivity contribution is 5.93. The fourth-order valence-corrected chi connectivity index (χ4v) is 2.33. The van der Waals surface area contributed by atoms with E-state index in [1.165, 1.54) is 0 Å². The Hall–Kier alpha value is -2.40. The molecule has 102 valence electrons. The molecule has 0 fully saturated rings. The third-order valence-corrected chi connectivity index (χ3v) is 3.31. The Balaban J connectivity index is 2.24. The van der Waals surface area contributed by atoms with Crippen molar-refractivity contribution in [3.63, 3.8) is 0 Å². The molecule has 1 aromatic carbocycles. The van der Waals surface area contributed by atoms with Gasteiger partial charge >= 0.3 is 0 Å². The first-order valence-corrected chi connectivity index (χ1v) is 6.42. The molecule has 3 N–H and O–H groups in total. The average molecular weight is 268 g/mol. The average Bonchev–Trinajstić information content (AvgIpc) is 2.89. The van der Waals surface area contributed by atoms with Gasteiger partial charge in [0.25, 0.3) is 0 Å². The number of benzene rings is 1. The summed E-state index contributed by atoms with van der Waals surface area (Å²) in [6.45, 7) is 2.34. The standard InChI is InChI=1S/C15H16N4O/c1-9-18-14(10-3-5-12(20-2)6-4-10)13-11(7-16)8-17-15(13)19-9/h3-6,8H,7,16H2,1-2H3,(H,17,18,19). The predicted molar refractivity (Wildman–Crippen MR) is 78.5 cm³/mol. The summed E-state index contributed by atoms with van der Waals surface area (Å²) in [5.74, 6) is 1.55. The predicted octanol–water partition coefficient (Wildman–Crippen LogP) is 2.40. The Bertz CT molecular complexity index is 746. The first kappa shape index (κ1) is 12.6. The van der Waals surface area contributed by atoms with Crippen molar-refractivity contribution in [2.24, 2.45) is 5.73 Å². The molecule has 0 aliphatic rings. The zero-order chi connectivity index (χ0) is 14.1. The summed E-state index contributed by atoms with van der Waals surface area (Å²) in [6.07, 6.45) is 1.89. The fourth-order valence-electron chi connectivity index (χ4n) is 2.33. The van der Waals surface area contributed by atoms with Gasteiger partial charge < -0.3 is 15.5 Å². The summed E-state index contributed by atoms with van der Waals surface area (Å²) in [4.78, 5) is 12.2. The third-order valence-electron chi connectivity index (χ3n) is 3.31. The number of methoxy groups -OCH3 is 1. The highest BCUT2D eigenvalue weighted by Gasteiger charge is 2.13. The Morgan fingerprint density at radius 3 is 2.60 bits per heavy atom. The first-order chi connectivity index (χ1) is 9.72. The van der Waals surface area contributed by atoms with Gasteiger partial charge in [-0.25, -0.2) is 9.97 Å². The molecule has 0 saturated heterocycles. The molecule has 3 aromatic rings.